The highest BCUT2D eigenvalue weighted by molar-refractivity contribution is 7.26. The fourth-order valence-corrected chi connectivity index (χ4v) is 15.1. The summed E-state index contributed by atoms with van der Waals surface area (Å²) in [7, 11) is 5.03. The molecular weight excluding hydrogens is 1180 g/mol. The van der Waals surface area contributed by atoms with Crippen molar-refractivity contribution in [2.45, 2.75) is 38.5 Å². The molecule has 10 aromatic rings. The molecule has 448 valence electrons. The van der Waals surface area contributed by atoms with E-state index in [0.29, 0.717) is 52.4 Å². The summed E-state index contributed by atoms with van der Waals surface area (Å²) in [5, 5.41) is 7.20. The number of unbranched alkanes of at least 4 members (excludes halogenated alkanes) is 2. The van der Waals surface area contributed by atoms with Crippen molar-refractivity contribution in [3.63, 3.8) is 0 Å². The fraction of sp³-hybridized carbons (Fsp3) is 0.208. The van der Waals surface area contributed by atoms with Crippen molar-refractivity contribution in [3.8, 4) is 110 Å². The molecule has 89 heavy (non-hydrogen) atoms. The van der Waals surface area contributed by atoms with E-state index in [4.69, 9.17) is 47.9 Å². The summed E-state index contributed by atoms with van der Waals surface area (Å²) >= 11 is 5.08. The fourth-order valence-electron chi connectivity index (χ4n) is 11.7. The van der Waals surface area contributed by atoms with Crippen LogP contribution in [0, 0.1) is 0 Å². The summed E-state index contributed by atoms with van der Waals surface area (Å²) in [6.07, 6.45) is 13.1. The van der Waals surface area contributed by atoms with Gasteiger partial charge in [0.1, 0.15) is 49.4 Å². The van der Waals surface area contributed by atoms with Gasteiger partial charge in [0, 0.05) is 72.9 Å². The van der Waals surface area contributed by atoms with Gasteiger partial charge in [0.05, 0.1) is 65.3 Å². The van der Waals surface area contributed by atoms with Gasteiger partial charge < -0.3 is 53.2 Å². The molecule has 6 aromatic heterocycles. The number of nitrogens with zero attached hydrogens (tertiary/aromatic N) is 2. The molecule has 1 amide bonds. The molecule has 0 saturated heterocycles. The van der Waals surface area contributed by atoms with Gasteiger partial charge >= 0.3 is 0 Å². The van der Waals surface area contributed by atoms with Gasteiger partial charge in [-0.25, -0.2) is 9.97 Å². The van der Waals surface area contributed by atoms with Crippen molar-refractivity contribution in [2.75, 3.05) is 60.9 Å². The van der Waals surface area contributed by atoms with Crippen molar-refractivity contribution < 1.29 is 42.7 Å². The summed E-state index contributed by atoms with van der Waals surface area (Å²) in [5.74, 6) is 6.35. The number of hydrogen-bond donors (Lipinski definition) is 3. The van der Waals surface area contributed by atoms with E-state index in [1.165, 1.54) is 10.4 Å². The zero-order valence-electron chi connectivity index (χ0n) is 49.4. The number of H-pyrrole nitrogens is 2. The second-order valence-electron chi connectivity index (χ2n) is 21.7. The van der Waals surface area contributed by atoms with Gasteiger partial charge in [-0.05, 0) is 157 Å². The van der Waals surface area contributed by atoms with Crippen LogP contribution in [0.4, 0.5) is 0 Å². The third-order valence-electron chi connectivity index (χ3n) is 16.1. The molecule has 0 spiro atoms. The molecule has 0 aliphatic carbocycles. The average Bonchev–Trinajstić information content (AvgIpc) is 2.37. The number of aromatic nitrogens is 4. The van der Waals surface area contributed by atoms with Crippen LogP contribution >= 0.6 is 34.0 Å². The molecule has 0 fully saturated rings. The van der Waals surface area contributed by atoms with E-state index in [-0.39, 0.29) is 5.91 Å². The number of nitrogens with one attached hydrogen (secondary N) is 3. The van der Waals surface area contributed by atoms with E-state index < -0.39 is 0 Å². The first kappa shape index (κ1) is 57.2. The number of carbonyl (C=O) groups excluding carboxylic acids is 1. The standard InChI is InChI=1S/C72H63N5O9S3/c1-79-48-18-10-43(11-19-48)64-52-26-28-54(74-52)65(44-12-20-49(80-2)21-13-44)56-30-32-58(76-56)67(59-33-31-57(77-59)66(55-29-27-53(64)75-55)45-14-22-50(81-3)23-15-45)46-16-24-51(25-17-46)82-35-7-34-73-63(78)9-6-4-5-8-47-40-62(71-68-60(41-87-71)83-36-38-85-68)89-70(47)72-69-61(42-88-72)84-37-39-86-69/h10-33,40-42,74,77H,4-9,34-39H2,1-3H3,(H,73,78). The van der Waals surface area contributed by atoms with Crippen LogP contribution in [0.3, 0.4) is 0 Å². The number of aromatic amines is 2. The number of methoxy groups -OCH3 is 3. The zero-order chi connectivity index (χ0) is 60.2. The van der Waals surface area contributed by atoms with Crippen molar-refractivity contribution in [1.82, 2.24) is 25.3 Å². The number of aryl methyl sites for hydroxylation is 1. The monoisotopic (exact) mass is 1240 g/mol. The third-order valence-corrected chi connectivity index (χ3v) is 19.5. The number of thiophene rings is 3. The molecule has 0 atom stereocenters. The lowest BCUT2D eigenvalue weighted by atomic mass is 10.0. The maximum atomic E-state index is 13.1. The van der Waals surface area contributed by atoms with Crippen molar-refractivity contribution in [2.24, 2.45) is 0 Å². The Hall–Kier alpha value is -9.55. The number of fused-ring (bicyclic) bond motifs is 10. The smallest absolute Gasteiger partial charge is 0.219 e. The summed E-state index contributed by atoms with van der Waals surface area (Å²) < 4.78 is 47.1. The molecular formula is C72H63N5O9S3. The van der Waals surface area contributed by atoms with Crippen LogP contribution < -0.4 is 43.2 Å². The molecule has 3 N–H and O–H groups in total. The average molecular weight is 1240 g/mol. The second-order valence-corrected chi connectivity index (χ2v) is 24.5. The van der Waals surface area contributed by atoms with Gasteiger partial charge in [-0.3, -0.25) is 4.79 Å². The Morgan fingerprint density at radius 3 is 1.38 bits per heavy atom. The molecule has 0 unspecified atom stereocenters. The number of ether oxygens (including phenoxy) is 8. The summed E-state index contributed by atoms with van der Waals surface area (Å²) in [5.41, 5.74) is 15.6. The first-order valence-corrected chi connectivity index (χ1v) is 32.4. The van der Waals surface area contributed by atoms with Gasteiger partial charge in [-0.1, -0.05) is 55.0 Å². The van der Waals surface area contributed by atoms with E-state index in [1.54, 1.807) is 55.3 Å². The lowest BCUT2D eigenvalue weighted by Gasteiger charge is -2.16. The number of hydrogen-bond acceptors (Lipinski definition) is 14. The lowest BCUT2D eigenvalue weighted by molar-refractivity contribution is -0.121. The van der Waals surface area contributed by atoms with E-state index in [9.17, 15) is 4.79 Å². The SMILES string of the molecule is COc1ccc(-c2c3nc(c(-c4ccc(OC)cc4)c4ccc([nH]4)c(-c4ccc(OCCCNC(=O)CCCCCc5cc(-c6scc7c6OCCO7)sc5-c5scc6c5OCCO6)cc4)c4nc(c(-c5ccc(OC)cc5)c5ccc2[nH]5)C=C4)C=C3)cc1. The Morgan fingerprint density at radius 1 is 0.494 bits per heavy atom. The second kappa shape index (κ2) is 25.6. The molecule has 8 bridgehead atoms. The first-order chi connectivity index (χ1) is 43.9. The minimum atomic E-state index is 0.0520. The zero-order valence-corrected chi connectivity index (χ0v) is 51.8. The van der Waals surface area contributed by atoms with Gasteiger partial charge in [0.25, 0.3) is 0 Å². The maximum absolute atomic E-state index is 13.1. The van der Waals surface area contributed by atoms with E-state index >= 15 is 0 Å². The summed E-state index contributed by atoms with van der Waals surface area (Å²) in [6, 6.07) is 43.2. The van der Waals surface area contributed by atoms with Crippen LogP contribution in [0.25, 0.3) is 110 Å². The van der Waals surface area contributed by atoms with E-state index in [2.05, 4.69) is 118 Å². The third kappa shape index (κ3) is 11.9. The molecule has 4 aromatic carbocycles. The number of carbonyl (C=O) groups is 1. The van der Waals surface area contributed by atoms with Crippen molar-refractivity contribution in [3.05, 3.63) is 166 Å². The predicted octanol–water partition coefficient (Wildman–Crippen LogP) is 17.1. The topological polar surface area (TPSA) is 160 Å². The quantitative estimate of drug-likeness (QED) is 0.0623. The molecule has 4 aliphatic heterocycles. The number of benzene rings is 4. The molecule has 0 radical (unpaired) electrons. The highest BCUT2D eigenvalue weighted by Gasteiger charge is 2.28. The van der Waals surface area contributed by atoms with E-state index in [0.717, 1.165) is 176 Å². The first-order valence-electron chi connectivity index (χ1n) is 29.8. The maximum Gasteiger partial charge on any atom is 0.219 e. The normalized spacial score (nSPS) is 12.9. The minimum Gasteiger partial charge on any atom is -0.497 e. The highest BCUT2D eigenvalue weighted by atomic mass is 32.1. The van der Waals surface area contributed by atoms with Crippen LogP contribution in [-0.4, -0.2) is 86.8 Å². The van der Waals surface area contributed by atoms with Gasteiger partial charge in [0.2, 0.25) is 5.91 Å². The largest absolute Gasteiger partial charge is 0.497 e. The predicted molar refractivity (Wildman–Crippen MR) is 358 cm³/mol. The van der Waals surface area contributed by atoms with Crippen molar-refractivity contribution >= 4 is 86.3 Å². The van der Waals surface area contributed by atoms with Crippen LogP contribution in [0.1, 0.15) is 60.4 Å². The summed E-state index contributed by atoms with van der Waals surface area (Å²) in [6.45, 7) is 3.15. The Kier molecular flexibility index (Phi) is 16.5. The molecule has 4 aliphatic rings. The van der Waals surface area contributed by atoms with Crippen molar-refractivity contribution in [1.29, 1.82) is 0 Å². The van der Waals surface area contributed by atoms with Crippen LogP contribution in [0.2, 0.25) is 0 Å². The van der Waals surface area contributed by atoms with Gasteiger partial charge in [-0.15, -0.1) is 34.0 Å². The molecule has 17 heteroatoms. The van der Waals surface area contributed by atoms with Gasteiger partial charge in [0.15, 0.2) is 23.0 Å². The minimum absolute atomic E-state index is 0.0520. The Bertz CT molecular complexity index is 4430. The molecule has 14 rings (SSSR count). The number of rotatable bonds is 20. The molecule has 10 heterocycles. The highest BCUT2D eigenvalue weighted by Crippen LogP contribution is 2.54. The van der Waals surface area contributed by atoms with Gasteiger partial charge in [-0.2, -0.15) is 0 Å². The van der Waals surface area contributed by atoms with Crippen LogP contribution in [-0.2, 0) is 11.2 Å². The Morgan fingerprint density at radius 2 is 0.921 bits per heavy atom. The number of amides is 1. The van der Waals surface area contributed by atoms with Crippen LogP contribution in [0.5, 0.6) is 46.0 Å². The van der Waals surface area contributed by atoms with E-state index in [1.807, 2.05) is 59.3 Å². The van der Waals surface area contributed by atoms with Crippen LogP contribution in [0.15, 0.2) is 138 Å². The Labute approximate surface area is 527 Å². The molecule has 0 saturated carbocycles. The Balaban J connectivity index is 0.696. The molecule has 14 nitrogen and oxygen atoms in total. The lowest BCUT2D eigenvalue weighted by Crippen LogP contribution is -2.25. The summed E-state index contributed by atoms with van der Waals surface area (Å²) in [4.78, 5) is 36.2.